The number of benzene rings is 2. The predicted molar refractivity (Wildman–Crippen MR) is 89.5 cm³/mol. The lowest BCUT2D eigenvalue weighted by Gasteiger charge is -2.14. The van der Waals surface area contributed by atoms with Crippen LogP contribution in [0.1, 0.15) is 15.9 Å². The molecule has 5 nitrogen and oxygen atoms in total. The van der Waals surface area contributed by atoms with Gasteiger partial charge in [0.25, 0.3) is 0 Å². The van der Waals surface area contributed by atoms with Gasteiger partial charge in [-0.1, -0.05) is 30.3 Å². The van der Waals surface area contributed by atoms with E-state index in [-0.39, 0.29) is 5.56 Å². The van der Waals surface area contributed by atoms with Gasteiger partial charge in [0.1, 0.15) is 5.75 Å². The van der Waals surface area contributed by atoms with Crippen molar-refractivity contribution in [3.05, 3.63) is 59.7 Å². The lowest BCUT2D eigenvalue weighted by atomic mass is 10.2. The van der Waals surface area contributed by atoms with E-state index in [1.807, 2.05) is 30.3 Å². The molecular formula is C16H16N2O3S. The van der Waals surface area contributed by atoms with E-state index in [9.17, 15) is 4.79 Å². The first-order valence-electron chi connectivity index (χ1n) is 6.60. The summed E-state index contributed by atoms with van der Waals surface area (Å²) in [4.78, 5) is 11.0. The topological polar surface area (TPSA) is 70.6 Å². The molecule has 0 aliphatic rings. The molecule has 0 unspecified atom stereocenters. The van der Waals surface area contributed by atoms with Crippen molar-refractivity contribution in [3.63, 3.8) is 0 Å². The fourth-order valence-corrected chi connectivity index (χ4v) is 2.07. The molecule has 0 aliphatic carbocycles. The van der Waals surface area contributed by atoms with Crippen LogP contribution in [-0.4, -0.2) is 23.3 Å². The summed E-state index contributed by atoms with van der Waals surface area (Å²) < 4.78 is 5.20. The average Bonchev–Trinajstić information content (AvgIpc) is 2.53. The van der Waals surface area contributed by atoms with Gasteiger partial charge in [0.2, 0.25) is 0 Å². The highest BCUT2D eigenvalue weighted by atomic mass is 32.1. The second-order valence-electron chi connectivity index (χ2n) is 4.51. The standard InChI is InChI=1S/C16H16N2O3S/c1-21-14-8-7-12(15(19)20)9-13(14)18-16(22)17-10-11-5-3-2-4-6-11/h2-9H,10H2,1H3,(H,19,20)(H2,17,18,22). The Labute approximate surface area is 133 Å². The molecule has 0 fully saturated rings. The van der Waals surface area contributed by atoms with Gasteiger partial charge in [-0.3, -0.25) is 0 Å². The fraction of sp³-hybridized carbons (Fsp3) is 0.125. The SMILES string of the molecule is COc1ccc(C(=O)O)cc1NC(=S)NCc1ccccc1. The summed E-state index contributed by atoms with van der Waals surface area (Å²) in [6, 6.07) is 14.4. The highest BCUT2D eigenvalue weighted by molar-refractivity contribution is 7.80. The second kappa shape index (κ2) is 7.42. The minimum Gasteiger partial charge on any atom is -0.495 e. The third-order valence-corrected chi connectivity index (χ3v) is 3.24. The van der Waals surface area contributed by atoms with Gasteiger partial charge in [-0.25, -0.2) is 4.79 Å². The summed E-state index contributed by atoms with van der Waals surface area (Å²) >= 11 is 5.23. The van der Waals surface area contributed by atoms with Gasteiger partial charge >= 0.3 is 5.97 Å². The van der Waals surface area contributed by atoms with Crippen LogP contribution in [0.5, 0.6) is 5.75 Å². The Morgan fingerprint density at radius 2 is 1.95 bits per heavy atom. The van der Waals surface area contributed by atoms with Crippen molar-refractivity contribution in [1.82, 2.24) is 5.32 Å². The zero-order chi connectivity index (χ0) is 15.9. The van der Waals surface area contributed by atoms with E-state index in [1.54, 1.807) is 6.07 Å². The summed E-state index contributed by atoms with van der Waals surface area (Å²) in [7, 11) is 1.52. The largest absolute Gasteiger partial charge is 0.495 e. The third kappa shape index (κ3) is 4.20. The molecule has 114 valence electrons. The molecule has 2 aromatic carbocycles. The molecule has 6 heteroatoms. The van der Waals surface area contributed by atoms with E-state index in [1.165, 1.54) is 19.2 Å². The van der Waals surface area contributed by atoms with Crippen LogP contribution in [0.25, 0.3) is 0 Å². The number of carbonyl (C=O) groups is 1. The number of carboxylic acids is 1. The van der Waals surface area contributed by atoms with Crippen LogP contribution in [0.15, 0.2) is 48.5 Å². The lowest BCUT2D eigenvalue weighted by Crippen LogP contribution is -2.28. The normalized spacial score (nSPS) is 9.86. The Morgan fingerprint density at radius 1 is 1.23 bits per heavy atom. The number of carboxylic acid groups (broad SMARTS) is 1. The Hall–Kier alpha value is -2.60. The smallest absolute Gasteiger partial charge is 0.335 e. The van der Waals surface area contributed by atoms with Crippen LogP contribution >= 0.6 is 12.2 Å². The third-order valence-electron chi connectivity index (χ3n) is 2.99. The van der Waals surface area contributed by atoms with Crippen molar-refractivity contribution < 1.29 is 14.6 Å². The molecule has 0 amide bonds. The van der Waals surface area contributed by atoms with Gasteiger partial charge in [-0.05, 0) is 36.0 Å². The molecule has 2 aromatic rings. The first-order valence-corrected chi connectivity index (χ1v) is 7.01. The summed E-state index contributed by atoms with van der Waals surface area (Å²) in [6.07, 6.45) is 0. The zero-order valence-corrected chi connectivity index (χ0v) is 12.8. The molecule has 0 radical (unpaired) electrons. The monoisotopic (exact) mass is 316 g/mol. The fourth-order valence-electron chi connectivity index (χ4n) is 1.88. The van der Waals surface area contributed by atoms with Crippen molar-refractivity contribution in [2.24, 2.45) is 0 Å². The van der Waals surface area contributed by atoms with Crippen molar-refractivity contribution >= 4 is 29.0 Å². The van der Waals surface area contributed by atoms with Crippen LogP contribution in [0.4, 0.5) is 5.69 Å². The maximum atomic E-state index is 11.0. The molecule has 0 saturated carbocycles. The summed E-state index contributed by atoms with van der Waals surface area (Å²) in [5, 5.41) is 15.5. The molecule has 0 saturated heterocycles. The lowest BCUT2D eigenvalue weighted by molar-refractivity contribution is 0.0697. The van der Waals surface area contributed by atoms with Crippen LogP contribution in [0.2, 0.25) is 0 Å². The van der Waals surface area contributed by atoms with E-state index in [4.69, 9.17) is 22.1 Å². The van der Waals surface area contributed by atoms with Crippen LogP contribution in [-0.2, 0) is 6.54 Å². The predicted octanol–water partition coefficient (Wildman–Crippen LogP) is 2.88. The number of ether oxygens (including phenoxy) is 1. The molecule has 0 heterocycles. The van der Waals surface area contributed by atoms with Gasteiger partial charge in [0, 0.05) is 6.54 Å². The van der Waals surface area contributed by atoms with E-state index in [2.05, 4.69) is 10.6 Å². The van der Waals surface area contributed by atoms with Crippen LogP contribution in [0, 0.1) is 0 Å². The highest BCUT2D eigenvalue weighted by Gasteiger charge is 2.10. The van der Waals surface area contributed by atoms with Crippen molar-refractivity contribution in [3.8, 4) is 5.75 Å². The Bertz CT molecular complexity index is 674. The highest BCUT2D eigenvalue weighted by Crippen LogP contribution is 2.25. The summed E-state index contributed by atoms with van der Waals surface area (Å²) in [5.41, 5.74) is 1.76. The average molecular weight is 316 g/mol. The molecular weight excluding hydrogens is 300 g/mol. The number of thiocarbonyl (C=S) groups is 1. The molecule has 0 aromatic heterocycles. The zero-order valence-electron chi connectivity index (χ0n) is 12.0. The minimum atomic E-state index is -1.01. The van der Waals surface area contributed by atoms with Crippen molar-refractivity contribution in [2.45, 2.75) is 6.54 Å². The number of rotatable bonds is 5. The molecule has 22 heavy (non-hydrogen) atoms. The number of methoxy groups -OCH3 is 1. The first-order chi connectivity index (χ1) is 10.6. The maximum Gasteiger partial charge on any atom is 0.335 e. The maximum absolute atomic E-state index is 11.0. The van der Waals surface area contributed by atoms with Crippen LogP contribution in [0.3, 0.4) is 0 Å². The van der Waals surface area contributed by atoms with Gasteiger partial charge in [0.05, 0.1) is 18.4 Å². The first kappa shape index (κ1) is 15.8. The molecule has 0 spiro atoms. The van der Waals surface area contributed by atoms with Crippen LogP contribution < -0.4 is 15.4 Å². The molecule has 0 aliphatic heterocycles. The van der Waals surface area contributed by atoms with Gasteiger partial charge in [-0.15, -0.1) is 0 Å². The summed E-state index contributed by atoms with van der Waals surface area (Å²) in [6.45, 7) is 0.577. The quantitative estimate of drug-likeness (QED) is 0.737. The molecule has 3 N–H and O–H groups in total. The van der Waals surface area contributed by atoms with E-state index >= 15 is 0 Å². The van der Waals surface area contributed by atoms with E-state index in [0.29, 0.717) is 23.1 Å². The number of aromatic carboxylic acids is 1. The number of hydrogen-bond donors (Lipinski definition) is 3. The Kier molecular flexibility index (Phi) is 5.32. The molecule has 2 rings (SSSR count). The molecule has 0 bridgehead atoms. The Balaban J connectivity index is 2.04. The number of hydrogen-bond acceptors (Lipinski definition) is 3. The van der Waals surface area contributed by atoms with E-state index < -0.39 is 5.97 Å². The van der Waals surface area contributed by atoms with Gasteiger partial charge in [-0.2, -0.15) is 0 Å². The summed E-state index contributed by atoms with van der Waals surface area (Å²) in [5.74, 6) is -0.484. The van der Waals surface area contributed by atoms with Crippen molar-refractivity contribution in [1.29, 1.82) is 0 Å². The Morgan fingerprint density at radius 3 is 2.59 bits per heavy atom. The minimum absolute atomic E-state index is 0.161. The van der Waals surface area contributed by atoms with E-state index in [0.717, 1.165) is 5.56 Å². The number of nitrogens with one attached hydrogen (secondary N) is 2. The number of anilines is 1. The van der Waals surface area contributed by atoms with Crippen molar-refractivity contribution in [2.75, 3.05) is 12.4 Å². The second-order valence-corrected chi connectivity index (χ2v) is 4.92. The molecule has 0 atom stereocenters. The van der Waals surface area contributed by atoms with Gasteiger partial charge in [0.15, 0.2) is 5.11 Å². The van der Waals surface area contributed by atoms with Gasteiger partial charge < -0.3 is 20.5 Å².